The first kappa shape index (κ1) is 14.8. The number of nitrogens with zero attached hydrogens (tertiary/aromatic N) is 2. The van der Waals surface area contributed by atoms with Gasteiger partial charge in [0.15, 0.2) is 5.76 Å². The maximum absolute atomic E-state index is 12.1. The van der Waals surface area contributed by atoms with E-state index >= 15 is 0 Å². The Hall–Kier alpha value is -2.08. The van der Waals surface area contributed by atoms with E-state index in [1.165, 1.54) is 0 Å². The molecule has 118 valence electrons. The topological polar surface area (TPSA) is 69.3 Å². The fraction of sp³-hybridized carbons (Fsp3) is 0.500. The molecule has 0 bridgehead atoms. The summed E-state index contributed by atoms with van der Waals surface area (Å²) in [5, 5.41) is 7.24. The minimum atomic E-state index is -0.199. The summed E-state index contributed by atoms with van der Waals surface area (Å²) in [6.45, 7) is 5.80. The summed E-state index contributed by atoms with van der Waals surface area (Å²) in [4.78, 5) is 12.1. The third-order valence-corrected chi connectivity index (χ3v) is 3.81. The molecule has 0 aliphatic carbocycles. The van der Waals surface area contributed by atoms with Gasteiger partial charge in [0.25, 0.3) is 5.91 Å². The Kier molecular flexibility index (Phi) is 4.29. The van der Waals surface area contributed by atoms with Crippen molar-refractivity contribution in [1.29, 1.82) is 0 Å². The van der Waals surface area contributed by atoms with Gasteiger partial charge >= 0.3 is 0 Å². The Morgan fingerprint density at radius 3 is 3.00 bits per heavy atom. The molecule has 0 aromatic carbocycles. The van der Waals surface area contributed by atoms with Crippen LogP contribution in [0.5, 0.6) is 0 Å². The van der Waals surface area contributed by atoms with Crippen LogP contribution in [0.3, 0.4) is 0 Å². The minimum absolute atomic E-state index is 0.132. The number of aryl methyl sites for hydroxylation is 2. The Bertz CT molecular complexity index is 653. The van der Waals surface area contributed by atoms with Crippen LogP contribution >= 0.6 is 0 Å². The van der Waals surface area contributed by atoms with E-state index in [2.05, 4.69) is 10.4 Å². The molecule has 2 aromatic heterocycles. The molecule has 1 aliphatic rings. The van der Waals surface area contributed by atoms with E-state index < -0.39 is 0 Å². The van der Waals surface area contributed by atoms with Crippen molar-refractivity contribution in [1.82, 2.24) is 15.1 Å². The summed E-state index contributed by atoms with van der Waals surface area (Å²) in [5.74, 6) is 0.845. The fourth-order valence-electron chi connectivity index (χ4n) is 2.67. The van der Waals surface area contributed by atoms with Crippen molar-refractivity contribution in [2.24, 2.45) is 0 Å². The maximum Gasteiger partial charge on any atom is 0.287 e. The number of aromatic nitrogens is 2. The van der Waals surface area contributed by atoms with E-state index in [9.17, 15) is 4.79 Å². The summed E-state index contributed by atoms with van der Waals surface area (Å²) in [5.41, 5.74) is 2.04. The molecular weight excluding hydrogens is 282 g/mol. The number of ether oxygens (including phenoxy) is 1. The van der Waals surface area contributed by atoms with Crippen LogP contribution in [0.2, 0.25) is 0 Å². The molecule has 3 rings (SSSR count). The second-order valence-electron chi connectivity index (χ2n) is 5.70. The lowest BCUT2D eigenvalue weighted by molar-refractivity contribution is 0.0833. The van der Waals surface area contributed by atoms with Crippen molar-refractivity contribution in [2.75, 3.05) is 13.2 Å². The SMILES string of the molecule is Cc1cc(C)n(Cc2ccc(C(=O)NCC3CCCO3)o2)n1. The summed E-state index contributed by atoms with van der Waals surface area (Å²) in [6.07, 6.45) is 2.20. The maximum atomic E-state index is 12.1. The van der Waals surface area contributed by atoms with Gasteiger partial charge in [-0.1, -0.05) is 0 Å². The number of amides is 1. The first-order valence-corrected chi connectivity index (χ1v) is 7.61. The highest BCUT2D eigenvalue weighted by molar-refractivity contribution is 5.91. The third-order valence-electron chi connectivity index (χ3n) is 3.81. The van der Waals surface area contributed by atoms with Gasteiger partial charge in [-0.15, -0.1) is 0 Å². The molecule has 6 nitrogen and oxygen atoms in total. The van der Waals surface area contributed by atoms with Gasteiger partial charge in [0, 0.05) is 18.8 Å². The van der Waals surface area contributed by atoms with Crippen LogP contribution < -0.4 is 5.32 Å². The summed E-state index contributed by atoms with van der Waals surface area (Å²) in [6, 6.07) is 5.53. The molecule has 1 fully saturated rings. The lowest BCUT2D eigenvalue weighted by atomic mass is 10.2. The number of hydrogen-bond acceptors (Lipinski definition) is 4. The van der Waals surface area contributed by atoms with Crippen LogP contribution in [0.15, 0.2) is 22.6 Å². The van der Waals surface area contributed by atoms with E-state index in [-0.39, 0.29) is 12.0 Å². The zero-order valence-electron chi connectivity index (χ0n) is 13.0. The molecule has 6 heteroatoms. The van der Waals surface area contributed by atoms with Gasteiger partial charge in [0.2, 0.25) is 0 Å². The van der Waals surface area contributed by atoms with Crippen molar-refractivity contribution in [2.45, 2.75) is 39.3 Å². The van der Waals surface area contributed by atoms with Gasteiger partial charge in [-0.2, -0.15) is 5.10 Å². The molecule has 3 heterocycles. The minimum Gasteiger partial charge on any atom is -0.454 e. The molecule has 1 N–H and O–H groups in total. The van der Waals surface area contributed by atoms with Gasteiger partial charge in [0.05, 0.1) is 18.3 Å². The number of hydrogen-bond donors (Lipinski definition) is 1. The molecular formula is C16H21N3O3. The first-order valence-electron chi connectivity index (χ1n) is 7.61. The molecule has 2 aromatic rings. The van der Waals surface area contributed by atoms with Crippen LogP contribution in [-0.2, 0) is 11.3 Å². The highest BCUT2D eigenvalue weighted by Gasteiger charge is 2.18. The van der Waals surface area contributed by atoms with Gasteiger partial charge in [0.1, 0.15) is 5.76 Å². The third kappa shape index (κ3) is 3.39. The number of furan rings is 1. The fourth-order valence-corrected chi connectivity index (χ4v) is 2.67. The Morgan fingerprint density at radius 2 is 2.32 bits per heavy atom. The molecule has 0 spiro atoms. The van der Waals surface area contributed by atoms with Crippen molar-refractivity contribution in [3.63, 3.8) is 0 Å². The van der Waals surface area contributed by atoms with Crippen LogP contribution in [-0.4, -0.2) is 34.9 Å². The molecule has 1 aliphatic heterocycles. The lowest BCUT2D eigenvalue weighted by Crippen LogP contribution is -2.31. The van der Waals surface area contributed by atoms with Crippen LogP contribution in [0, 0.1) is 13.8 Å². The number of rotatable bonds is 5. The number of nitrogens with one attached hydrogen (secondary N) is 1. The standard InChI is InChI=1S/C16H21N3O3/c1-11-8-12(2)19(18-11)10-14-5-6-15(22-14)16(20)17-9-13-4-3-7-21-13/h5-6,8,13H,3-4,7,9-10H2,1-2H3,(H,17,20). The average Bonchev–Trinajstić information content (AvgIpc) is 3.20. The predicted molar refractivity (Wildman–Crippen MR) is 80.8 cm³/mol. The van der Waals surface area contributed by atoms with Crippen molar-refractivity contribution >= 4 is 5.91 Å². The summed E-state index contributed by atoms with van der Waals surface area (Å²) < 4.78 is 13.0. The van der Waals surface area contributed by atoms with Crippen LogP contribution in [0.1, 0.15) is 40.5 Å². The van der Waals surface area contributed by atoms with Gasteiger partial charge < -0.3 is 14.5 Å². The first-order chi connectivity index (χ1) is 10.6. The summed E-state index contributed by atoms with van der Waals surface area (Å²) in [7, 11) is 0. The summed E-state index contributed by atoms with van der Waals surface area (Å²) >= 11 is 0. The van der Waals surface area contributed by atoms with Gasteiger partial charge in [-0.25, -0.2) is 0 Å². The monoisotopic (exact) mass is 303 g/mol. The molecule has 0 radical (unpaired) electrons. The lowest BCUT2D eigenvalue weighted by Gasteiger charge is -2.09. The molecule has 1 saturated heterocycles. The van der Waals surface area contributed by atoms with Gasteiger partial charge in [-0.05, 0) is 44.9 Å². The zero-order chi connectivity index (χ0) is 15.5. The Balaban J connectivity index is 1.58. The highest BCUT2D eigenvalue weighted by Crippen LogP contribution is 2.13. The van der Waals surface area contributed by atoms with Crippen molar-refractivity contribution in [3.05, 3.63) is 41.1 Å². The smallest absolute Gasteiger partial charge is 0.287 e. The molecule has 0 saturated carbocycles. The van der Waals surface area contributed by atoms with Gasteiger partial charge in [-0.3, -0.25) is 9.48 Å². The zero-order valence-corrected chi connectivity index (χ0v) is 13.0. The second kappa shape index (κ2) is 6.36. The number of carbonyl (C=O) groups excluding carboxylic acids is 1. The second-order valence-corrected chi connectivity index (χ2v) is 5.70. The van der Waals surface area contributed by atoms with Crippen LogP contribution in [0.4, 0.5) is 0 Å². The molecule has 22 heavy (non-hydrogen) atoms. The van der Waals surface area contributed by atoms with Crippen LogP contribution in [0.25, 0.3) is 0 Å². The molecule has 1 atom stereocenters. The van der Waals surface area contributed by atoms with E-state index in [1.807, 2.05) is 30.7 Å². The molecule has 1 unspecified atom stereocenters. The number of carbonyl (C=O) groups is 1. The average molecular weight is 303 g/mol. The Morgan fingerprint density at radius 1 is 1.45 bits per heavy atom. The van der Waals surface area contributed by atoms with Crippen molar-refractivity contribution in [3.8, 4) is 0 Å². The highest BCUT2D eigenvalue weighted by atomic mass is 16.5. The van der Waals surface area contributed by atoms with E-state index in [0.717, 1.165) is 30.8 Å². The van der Waals surface area contributed by atoms with Crippen molar-refractivity contribution < 1.29 is 13.9 Å². The van der Waals surface area contributed by atoms with E-state index in [1.54, 1.807) is 6.07 Å². The predicted octanol–water partition coefficient (Wildman–Crippen LogP) is 2.05. The van der Waals surface area contributed by atoms with E-state index in [0.29, 0.717) is 24.6 Å². The largest absolute Gasteiger partial charge is 0.454 e. The molecule has 1 amide bonds. The van der Waals surface area contributed by atoms with E-state index in [4.69, 9.17) is 9.15 Å². The Labute approximate surface area is 129 Å². The normalized spacial score (nSPS) is 17.8. The quantitative estimate of drug-likeness (QED) is 0.918.